The molecule has 0 bridgehead atoms. The first-order valence-corrected chi connectivity index (χ1v) is 4.60. The van der Waals surface area contributed by atoms with Gasteiger partial charge in [-0.25, -0.2) is 4.79 Å². The van der Waals surface area contributed by atoms with Crippen LogP contribution >= 0.6 is 15.9 Å². The second kappa shape index (κ2) is 4.79. The first-order chi connectivity index (χ1) is 7.10. The van der Waals surface area contributed by atoms with Crippen molar-refractivity contribution < 1.29 is 24.2 Å². The number of carboxylic acids is 1. The van der Waals surface area contributed by atoms with Gasteiger partial charge in [0.15, 0.2) is 0 Å². The Kier molecular flexibility index (Phi) is 3.68. The summed E-state index contributed by atoms with van der Waals surface area (Å²) in [6.07, 6.45) is 0. The van der Waals surface area contributed by atoms with E-state index in [0.717, 1.165) is 0 Å². The molecular weight excluding hydrogens is 268 g/mol. The summed E-state index contributed by atoms with van der Waals surface area (Å²) >= 11 is 3.03. The van der Waals surface area contributed by atoms with Crippen LogP contribution in [0.15, 0.2) is 16.6 Å². The summed E-state index contributed by atoms with van der Waals surface area (Å²) < 4.78 is 9.66. The van der Waals surface area contributed by atoms with Crippen LogP contribution in [0.2, 0.25) is 0 Å². The standard InChI is InChI=1S/C9H7BrO5/c1-14-5-2-6(9(12)13)8(10)7(3-5)15-4-11/h2-4H,1H3,(H,12,13). The molecule has 6 heteroatoms. The van der Waals surface area contributed by atoms with E-state index in [9.17, 15) is 9.59 Å². The molecule has 1 rings (SSSR count). The molecule has 0 aliphatic carbocycles. The van der Waals surface area contributed by atoms with E-state index in [1.54, 1.807) is 0 Å². The lowest BCUT2D eigenvalue weighted by Crippen LogP contribution is -2.01. The topological polar surface area (TPSA) is 72.8 Å². The van der Waals surface area contributed by atoms with Crippen molar-refractivity contribution in [1.29, 1.82) is 0 Å². The summed E-state index contributed by atoms with van der Waals surface area (Å²) in [7, 11) is 1.39. The monoisotopic (exact) mass is 274 g/mol. The zero-order valence-electron chi connectivity index (χ0n) is 7.69. The smallest absolute Gasteiger partial charge is 0.337 e. The molecule has 15 heavy (non-hydrogen) atoms. The number of carbonyl (C=O) groups is 2. The van der Waals surface area contributed by atoms with E-state index in [4.69, 9.17) is 9.84 Å². The maximum absolute atomic E-state index is 10.8. The highest BCUT2D eigenvalue weighted by atomic mass is 79.9. The summed E-state index contributed by atoms with van der Waals surface area (Å²) in [5.41, 5.74) is -0.0359. The Balaban J connectivity index is 3.32. The van der Waals surface area contributed by atoms with Crippen LogP contribution in [0.3, 0.4) is 0 Å². The number of rotatable bonds is 4. The van der Waals surface area contributed by atoms with E-state index in [1.807, 2.05) is 0 Å². The van der Waals surface area contributed by atoms with E-state index in [1.165, 1.54) is 19.2 Å². The number of methoxy groups -OCH3 is 1. The minimum absolute atomic E-state index is 0.0359. The third-order valence-electron chi connectivity index (χ3n) is 1.65. The van der Waals surface area contributed by atoms with Gasteiger partial charge >= 0.3 is 5.97 Å². The predicted molar refractivity (Wildman–Crippen MR) is 54.3 cm³/mol. The van der Waals surface area contributed by atoms with Gasteiger partial charge in [0.05, 0.1) is 17.1 Å². The third-order valence-corrected chi connectivity index (χ3v) is 2.47. The molecular formula is C9H7BrO5. The highest BCUT2D eigenvalue weighted by molar-refractivity contribution is 9.10. The number of hydrogen-bond donors (Lipinski definition) is 1. The number of halogens is 1. The zero-order valence-corrected chi connectivity index (χ0v) is 9.28. The maximum Gasteiger partial charge on any atom is 0.337 e. The fourth-order valence-electron chi connectivity index (χ4n) is 0.984. The lowest BCUT2D eigenvalue weighted by molar-refractivity contribution is -0.120. The Morgan fingerprint density at radius 1 is 1.53 bits per heavy atom. The summed E-state index contributed by atoms with van der Waals surface area (Å²) in [4.78, 5) is 21.0. The van der Waals surface area contributed by atoms with Crippen molar-refractivity contribution >= 4 is 28.4 Å². The van der Waals surface area contributed by atoms with Gasteiger partial charge in [-0.2, -0.15) is 0 Å². The molecule has 0 fully saturated rings. The molecule has 0 saturated carbocycles. The van der Waals surface area contributed by atoms with Gasteiger partial charge < -0.3 is 14.6 Å². The van der Waals surface area contributed by atoms with Crippen molar-refractivity contribution in [3.63, 3.8) is 0 Å². The first-order valence-electron chi connectivity index (χ1n) is 3.81. The number of carboxylic acid groups (broad SMARTS) is 1. The molecule has 0 atom stereocenters. The van der Waals surface area contributed by atoms with Crippen LogP contribution < -0.4 is 9.47 Å². The van der Waals surface area contributed by atoms with E-state index in [0.29, 0.717) is 5.75 Å². The third kappa shape index (κ3) is 2.47. The summed E-state index contributed by atoms with van der Waals surface area (Å²) in [6, 6.07) is 2.73. The van der Waals surface area contributed by atoms with Gasteiger partial charge in [-0.3, -0.25) is 4.79 Å². The molecule has 5 nitrogen and oxygen atoms in total. The van der Waals surface area contributed by atoms with Crippen molar-refractivity contribution in [1.82, 2.24) is 0 Å². The molecule has 1 aromatic rings. The highest BCUT2D eigenvalue weighted by Crippen LogP contribution is 2.33. The van der Waals surface area contributed by atoms with Gasteiger partial charge in [0, 0.05) is 6.07 Å². The quantitative estimate of drug-likeness (QED) is 0.846. The van der Waals surface area contributed by atoms with Gasteiger partial charge in [-0.05, 0) is 22.0 Å². The largest absolute Gasteiger partial charge is 0.497 e. The van der Waals surface area contributed by atoms with Crippen LogP contribution in [0.4, 0.5) is 0 Å². The summed E-state index contributed by atoms with van der Waals surface area (Å²) in [5.74, 6) is -0.745. The fraction of sp³-hybridized carbons (Fsp3) is 0.111. The average molecular weight is 275 g/mol. The molecule has 0 spiro atoms. The molecule has 0 amide bonds. The van der Waals surface area contributed by atoms with Crippen LogP contribution in [0.25, 0.3) is 0 Å². The molecule has 80 valence electrons. The van der Waals surface area contributed by atoms with Gasteiger partial charge in [0.1, 0.15) is 11.5 Å². The van der Waals surface area contributed by atoms with Crippen molar-refractivity contribution in [2.24, 2.45) is 0 Å². The van der Waals surface area contributed by atoms with Gasteiger partial charge in [-0.1, -0.05) is 0 Å². The molecule has 0 saturated heterocycles. The van der Waals surface area contributed by atoms with Crippen LogP contribution in [0, 0.1) is 0 Å². The zero-order chi connectivity index (χ0) is 11.4. The van der Waals surface area contributed by atoms with Gasteiger partial charge in [-0.15, -0.1) is 0 Å². The molecule has 1 N–H and O–H groups in total. The normalized spacial score (nSPS) is 9.47. The Hall–Kier alpha value is -1.56. The van der Waals surface area contributed by atoms with Crippen molar-refractivity contribution in [3.8, 4) is 11.5 Å². The lowest BCUT2D eigenvalue weighted by atomic mass is 10.2. The summed E-state index contributed by atoms with van der Waals surface area (Å²) in [5, 5.41) is 8.85. The van der Waals surface area contributed by atoms with Crippen LogP contribution in [0.5, 0.6) is 11.5 Å². The molecule has 1 aromatic carbocycles. The second-order valence-electron chi connectivity index (χ2n) is 2.51. The van der Waals surface area contributed by atoms with Crippen LogP contribution in [0.1, 0.15) is 10.4 Å². The van der Waals surface area contributed by atoms with Gasteiger partial charge in [0.25, 0.3) is 6.47 Å². The van der Waals surface area contributed by atoms with E-state index in [-0.39, 0.29) is 22.3 Å². The highest BCUT2D eigenvalue weighted by Gasteiger charge is 2.15. The van der Waals surface area contributed by atoms with Crippen molar-refractivity contribution in [3.05, 3.63) is 22.2 Å². The Labute approximate surface area is 93.7 Å². The number of ether oxygens (including phenoxy) is 2. The van der Waals surface area contributed by atoms with Crippen molar-refractivity contribution in [2.75, 3.05) is 7.11 Å². The molecule has 0 aromatic heterocycles. The van der Waals surface area contributed by atoms with E-state index < -0.39 is 5.97 Å². The van der Waals surface area contributed by atoms with Crippen LogP contribution in [-0.4, -0.2) is 24.7 Å². The minimum atomic E-state index is -1.14. The molecule has 0 heterocycles. The lowest BCUT2D eigenvalue weighted by Gasteiger charge is -2.07. The van der Waals surface area contributed by atoms with Crippen molar-refractivity contribution in [2.45, 2.75) is 0 Å². The molecule has 0 radical (unpaired) electrons. The Morgan fingerprint density at radius 2 is 2.20 bits per heavy atom. The second-order valence-corrected chi connectivity index (χ2v) is 3.30. The van der Waals surface area contributed by atoms with E-state index in [2.05, 4.69) is 20.7 Å². The fourth-order valence-corrected chi connectivity index (χ4v) is 1.48. The predicted octanol–water partition coefficient (Wildman–Crippen LogP) is 1.69. The Bertz CT molecular complexity index is 402. The average Bonchev–Trinajstić information content (AvgIpc) is 2.21. The number of carbonyl (C=O) groups excluding carboxylic acids is 1. The first kappa shape index (κ1) is 11.5. The minimum Gasteiger partial charge on any atom is -0.497 e. The number of benzene rings is 1. The Morgan fingerprint density at radius 3 is 2.67 bits per heavy atom. The van der Waals surface area contributed by atoms with Gasteiger partial charge in [0.2, 0.25) is 0 Å². The van der Waals surface area contributed by atoms with E-state index >= 15 is 0 Å². The number of hydrogen-bond acceptors (Lipinski definition) is 4. The summed E-state index contributed by atoms with van der Waals surface area (Å²) in [6.45, 7) is 0.213. The molecule has 0 unspecified atom stereocenters. The number of aromatic carboxylic acids is 1. The molecule has 0 aliphatic heterocycles. The molecule has 0 aliphatic rings. The maximum atomic E-state index is 10.8. The van der Waals surface area contributed by atoms with Crippen LogP contribution in [-0.2, 0) is 4.79 Å². The SMILES string of the molecule is COc1cc(OC=O)c(Br)c(C(=O)O)c1.